The van der Waals surface area contributed by atoms with Gasteiger partial charge in [0.25, 0.3) is 5.56 Å². The highest BCUT2D eigenvalue weighted by molar-refractivity contribution is 7.22. The molecule has 1 aliphatic heterocycles. The Morgan fingerprint density at radius 2 is 1.88 bits per heavy atom. The number of methoxy groups -OCH3 is 1. The highest BCUT2D eigenvalue weighted by Crippen LogP contribution is 2.32. The van der Waals surface area contributed by atoms with E-state index in [4.69, 9.17) is 14.0 Å². The van der Waals surface area contributed by atoms with Crippen LogP contribution in [0.1, 0.15) is 57.8 Å². The van der Waals surface area contributed by atoms with Gasteiger partial charge >= 0.3 is 11.8 Å². The first kappa shape index (κ1) is 28.7. The van der Waals surface area contributed by atoms with Crippen LogP contribution in [0, 0.1) is 0 Å². The van der Waals surface area contributed by atoms with E-state index >= 15 is 0 Å². The molecule has 0 bridgehead atoms. The number of piperidine rings is 1. The minimum Gasteiger partial charge on any atom is -0.444 e. The summed E-state index contributed by atoms with van der Waals surface area (Å²) in [7, 11) is 1.64. The Balaban J connectivity index is 1.50. The standard InChI is InChI=1S/C29H35N5O6S/c1-29(2,3)39-28(37)32-14-12-20(13-15-32)34-26(35)25-21(17-22(41-25)19-9-6-5-7-10-19)33(27(34)36)18-24-30-23(31-40-24)11-8-16-38-4/h5-7,9-10,17,20H,8,11-16,18H2,1-4H3. The van der Waals surface area contributed by atoms with E-state index in [1.54, 1.807) is 16.6 Å². The van der Waals surface area contributed by atoms with E-state index in [1.165, 1.54) is 15.9 Å². The molecule has 0 N–H and O–H groups in total. The summed E-state index contributed by atoms with van der Waals surface area (Å²) < 4.78 is 19.5. The molecule has 4 aromatic rings. The fraction of sp³-hybridized carbons (Fsp3) is 0.483. The van der Waals surface area contributed by atoms with E-state index in [0.29, 0.717) is 60.9 Å². The Bertz CT molecular complexity index is 1620. The molecule has 0 atom stereocenters. The Morgan fingerprint density at radius 3 is 2.56 bits per heavy atom. The number of benzene rings is 1. The summed E-state index contributed by atoms with van der Waals surface area (Å²) in [6, 6.07) is 11.3. The topological polar surface area (TPSA) is 122 Å². The molecule has 1 saturated heterocycles. The number of aryl methyl sites for hydroxylation is 1. The van der Waals surface area contributed by atoms with Crippen LogP contribution in [0.3, 0.4) is 0 Å². The highest BCUT2D eigenvalue weighted by Gasteiger charge is 2.30. The van der Waals surface area contributed by atoms with Crippen molar-refractivity contribution >= 4 is 27.6 Å². The van der Waals surface area contributed by atoms with Gasteiger partial charge in [0.05, 0.1) is 5.52 Å². The number of hydrogen-bond donors (Lipinski definition) is 0. The fourth-order valence-corrected chi connectivity index (χ4v) is 6.09. The van der Waals surface area contributed by atoms with Gasteiger partial charge in [0.15, 0.2) is 5.82 Å². The van der Waals surface area contributed by atoms with Crippen LogP contribution in [0.25, 0.3) is 20.7 Å². The lowest BCUT2D eigenvalue weighted by molar-refractivity contribution is 0.0186. The SMILES string of the molecule is COCCCc1noc(Cn2c(=O)n(C3CCN(C(=O)OC(C)(C)C)CC3)c(=O)c3sc(-c4ccccc4)cc32)n1. The van der Waals surface area contributed by atoms with Crippen LogP contribution in [0.2, 0.25) is 0 Å². The zero-order chi connectivity index (χ0) is 29.1. The number of rotatable bonds is 8. The number of aromatic nitrogens is 4. The first-order chi connectivity index (χ1) is 19.6. The molecule has 1 fully saturated rings. The molecule has 3 aromatic heterocycles. The summed E-state index contributed by atoms with van der Waals surface area (Å²) in [6.45, 7) is 6.87. The Morgan fingerprint density at radius 1 is 1.15 bits per heavy atom. The van der Waals surface area contributed by atoms with Crippen molar-refractivity contribution in [2.75, 3.05) is 26.8 Å². The first-order valence-electron chi connectivity index (χ1n) is 13.8. The van der Waals surface area contributed by atoms with E-state index in [2.05, 4.69) is 10.1 Å². The molecule has 218 valence electrons. The molecule has 41 heavy (non-hydrogen) atoms. The highest BCUT2D eigenvalue weighted by atomic mass is 32.1. The molecule has 0 unspecified atom stereocenters. The lowest BCUT2D eigenvalue weighted by atomic mass is 10.1. The maximum atomic E-state index is 14.0. The largest absolute Gasteiger partial charge is 0.444 e. The molecule has 11 nitrogen and oxygen atoms in total. The lowest BCUT2D eigenvalue weighted by Crippen LogP contribution is -2.47. The molecule has 1 aliphatic rings. The number of hydrogen-bond acceptors (Lipinski definition) is 9. The maximum Gasteiger partial charge on any atom is 0.410 e. The molecule has 0 aliphatic carbocycles. The molecule has 1 amide bonds. The van der Waals surface area contributed by atoms with E-state index in [-0.39, 0.29) is 24.2 Å². The van der Waals surface area contributed by atoms with Gasteiger partial charge in [-0.25, -0.2) is 9.59 Å². The number of amides is 1. The fourth-order valence-electron chi connectivity index (χ4n) is 4.98. The predicted molar refractivity (Wildman–Crippen MR) is 155 cm³/mol. The van der Waals surface area contributed by atoms with E-state index in [9.17, 15) is 14.4 Å². The number of ether oxygens (including phenoxy) is 2. The molecule has 0 saturated carbocycles. The van der Waals surface area contributed by atoms with Crippen molar-refractivity contribution in [3.05, 3.63) is 69.0 Å². The molecular formula is C29H35N5O6S. The third-order valence-corrected chi connectivity index (χ3v) is 8.11. The van der Waals surface area contributed by atoms with Gasteiger partial charge in [-0.1, -0.05) is 35.5 Å². The smallest absolute Gasteiger partial charge is 0.410 e. The Kier molecular flexibility index (Phi) is 8.41. The molecule has 5 rings (SSSR count). The average molecular weight is 582 g/mol. The van der Waals surface area contributed by atoms with E-state index < -0.39 is 11.3 Å². The van der Waals surface area contributed by atoms with Crippen molar-refractivity contribution in [1.82, 2.24) is 24.2 Å². The maximum absolute atomic E-state index is 14.0. The molecule has 0 spiro atoms. The third-order valence-electron chi connectivity index (χ3n) is 6.95. The summed E-state index contributed by atoms with van der Waals surface area (Å²) in [5.41, 5.74) is 0.134. The van der Waals surface area contributed by atoms with Gasteiger partial charge in [0, 0.05) is 44.1 Å². The molecule has 4 heterocycles. The number of likely N-dealkylation sites (tertiary alicyclic amines) is 1. The second-order valence-electron chi connectivity index (χ2n) is 11.1. The van der Waals surface area contributed by atoms with Crippen molar-refractivity contribution in [3.63, 3.8) is 0 Å². The molecule has 12 heteroatoms. The van der Waals surface area contributed by atoms with Crippen molar-refractivity contribution in [1.29, 1.82) is 0 Å². The van der Waals surface area contributed by atoms with Crippen molar-refractivity contribution in [3.8, 4) is 10.4 Å². The lowest BCUT2D eigenvalue weighted by Gasteiger charge is -2.33. The number of fused-ring (bicyclic) bond motifs is 1. The van der Waals surface area contributed by atoms with Gasteiger partial charge in [-0.2, -0.15) is 4.98 Å². The second-order valence-corrected chi connectivity index (χ2v) is 12.2. The first-order valence-corrected chi connectivity index (χ1v) is 14.6. The van der Waals surface area contributed by atoms with Crippen molar-refractivity contribution in [2.45, 2.75) is 64.6 Å². The predicted octanol–water partition coefficient (Wildman–Crippen LogP) is 4.47. The van der Waals surface area contributed by atoms with Gasteiger partial charge in [-0.15, -0.1) is 11.3 Å². The number of thiophene rings is 1. The molecule has 1 aromatic carbocycles. The quantitative estimate of drug-likeness (QED) is 0.279. The van der Waals surface area contributed by atoms with Gasteiger partial charge in [0.1, 0.15) is 16.8 Å². The third kappa shape index (κ3) is 6.43. The van der Waals surface area contributed by atoms with Crippen LogP contribution >= 0.6 is 11.3 Å². The second kappa shape index (κ2) is 12.0. The summed E-state index contributed by atoms with van der Waals surface area (Å²) in [6.07, 6.45) is 1.87. The zero-order valence-corrected chi connectivity index (χ0v) is 24.6. The number of carbonyl (C=O) groups is 1. The summed E-state index contributed by atoms with van der Waals surface area (Å²) in [4.78, 5) is 47.4. The summed E-state index contributed by atoms with van der Waals surface area (Å²) in [5.74, 6) is 0.831. The van der Waals surface area contributed by atoms with Crippen LogP contribution in [0.4, 0.5) is 4.79 Å². The minimum absolute atomic E-state index is 0.0363. The van der Waals surface area contributed by atoms with Crippen LogP contribution in [-0.4, -0.2) is 62.7 Å². The van der Waals surface area contributed by atoms with Crippen LogP contribution in [-0.2, 0) is 22.4 Å². The molecule has 0 radical (unpaired) electrons. The van der Waals surface area contributed by atoms with Gasteiger partial charge in [-0.05, 0) is 51.7 Å². The Hall–Kier alpha value is -3.77. The Labute approximate surface area is 241 Å². The average Bonchev–Trinajstić information content (AvgIpc) is 3.59. The van der Waals surface area contributed by atoms with Crippen LogP contribution < -0.4 is 11.2 Å². The van der Waals surface area contributed by atoms with Gasteiger partial charge in [-0.3, -0.25) is 13.9 Å². The summed E-state index contributed by atoms with van der Waals surface area (Å²) in [5, 5.41) is 4.05. The number of carbonyl (C=O) groups excluding carboxylic acids is 1. The summed E-state index contributed by atoms with van der Waals surface area (Å²) >= 11 is 1.36. The van der Waals surface area contributed by atoms with E-state index in [0.717, 1.165) is 16.9 Å². The normalized spacial score (nSPS) is 14.6. The number of nitrogens with zero attached hydrogens (tertiary/aromatic N) is 5. The monoisotopic (exact) mass is 581 g/mol. The van der Waals surface area contributed by atoms with Gasteiger partial charge < -0.3 is 18.9 Å². The van der Waals surface area contributed by atoms with Crippen LogP contribution in [0.5, 0.6) is 0 Å². The zero-order valence-electron chi connectivity index (χ0n) is 23.8. The van der Waals surface area contributed by atoms with Gasteiger partial charge in [0.2, 0.25) is 5.89 Å². The van der Waals surface area contributed by atoms with Crippen molar-refractivity contribution in [2.24, 2.45) is 0 Å². The molecular weight excluding hydrogens is 546 g/mol. The van der Waals surface area contributed by atoms with E-state index in [1.807, 2.05) is 57.2 Å². The minimum atomic E-state index is -0.600. The van der Waals surface area contributed by atoms with Crippen molar-refractivity contribution < 1.29 is 18.8 Å². The van der Waals surface area contributed by atoms with Crippen LogP contribution in [0.15, 0.2) is 50.5 Å².